The average Bonchev–Trinajstić information content (AvgIpc) is 3.07. The van der Waals surface area contributed by atoms with Crippen LogP contribution in [0.4, 0.5) is 4.39 Å². The van der Waals surface area contributed by atoms with Crippen molar-refractivity contribution >= 4 is 17.7 Å². The fraction of sp³-hybridized carbons (Fsp3) is 0.250. The topological polar surface area (TPSA) is 51.0 Å². The third kappa shape index (κ3) is 3.73. The number of hydrogen-bond acceptors (Lipinski definition) is 4. The molecule has 0 bridgehead atoms. The van der Waals surface area contributed by atoms with E-state index in [9.17, 15) is 9.18 Å². The Balaban J connectivity index is 1.45. The first-order valence-corrected chi connectivity index (χ1v) is 9.75. The molecule has 2 heterocycles. The minimum Gasteiger partial charge on any atom is -0.337 e. The van der Waals surface area contributed by atoms with Gasteiger partial charge in [-0.25, -0.2) is 4.39 Å². The van der Waals surface area contributed by atoms with E-state index in [4.69, 9.17) is 0 Å². The van der Waals surface area contributed by atoms with Crippen LogP contribution in [0.5, 0.6) is 0 Å². The zero-order valence-electron chi connectivity index (χ0n) is 14.9. The van der Waals surface area contributed by atoms with E-state index in [1.54, 1.807) is 12.1 Å². The van der Waals surface area contributed by atoms with Crippen molar-refractivity contribution in [1.29, 1.82) is 0 Å². The molecule has 0 spiro atoms. The summed E-state index contributed by atoms with van der Waals surface area (Å²) in [4.78, 5) is 14.6. The Morgan fingerprint density at radius 3 is 2.63 bits per heavy atom. The van der Waals surface area contributed by atoms with Crippen LogP contribution in [0.15, 0.2) is 53.7 Å². The lowest BCUT2D eigenvalue weighted by molar-refractivity contribution is -0.129. The second-order valence-corrected chi connectivity index (χ2v) is 7.41. The summed E-state index contributed by atoms with van der Waals surface area (Å²) in [5.41, 5.74) is 3.31. The van der Waals surface area contributed by atoms with Crippen LogP contribution in [-0.4, -0.2) is 37.9 Å². The van der Waals surface area contributed by atoms with Gasteiger partial charge in [0.05, 0.1) is 5.75 Å². The van der Waals surface area contributed by atoms with Crippen molar-refractivity contribution in [3.63, 3.8) is 0 Å². The lowest BCUT2D eigenvalue weighted by Crippen LogP contribution is -2.37. The smallest absolute Gasteiger partial charge is 0.233 e. The maximum Gasteiger partial charge on any atom is 0.233 e. The molecular weight excluding hydrogens is 363 g/mol. The van der Waals surface area contributed by atoms with Crippen LogP contribution in [0.25, 0.3) is 5.69 Å². The van der Waals surface area contributed by atoms with E-state index in [0.717, 1.165) is 18.7 Å². The van der Waals surface area contributed by atoms with E-state index in [2.05, 4.69) is 22.3 Å². The lowest BCUT2D eigenvalue weighted by Gasteiger charge is -2.28. The maximum absolute atomic E-state index is 13.2. The van der Waals surface area contributed by atoms with Crippen LogP contribution < -0.4 is 0 Å². The highest BCUT2D eigenvalue weighted by molar-refractivity contribution is 7.99. The Labute approximate surface area is 161 Å². The van der Waals surface area contributed by atoms with E-state index in [0.29, 0.717) is 23.3 Å². The highest BCUT2D eigenvalue weighted by Crippen LogP contribution is 2.24. The number of aromatic nitrogens is 3. The van der Waals surface area contributed by atoms with Gasteiger partial charge in [-0.1, -0.05) is 36.0 Å². The molecule has 5 nitrogen and oxygen atoms in total. The minimum absolute atomic E-state index is 0.0841. The molecule has 4 rings (SSSR count). The van der Waals surface area contributed by atoms with Crippen LogP contribution in [0, 0.1) is 12.7 Å². The summed E-state index contributed by atoms with van der Waals surface area (Å²) in [7, 11) is 0. The largest absolute Gasteiger partial charge is 0.337 e. The fourth-order valence-corrected chi connectivity index (χ4v) is 4.15. The second kappa shape index (κ2) is 7.52. The summed E-state index contributed by atoms with van der Waals surface area (Å²) in [5.74, 6) is 0.783. The van der Waals surface area contributed by atoms with E-state index in [1.807, 2.05) is 28.5 Å². The Morgan fingerprint density at radius 1 is 1.11 bits per heavy atom. The average molecular weight is 382 g/mol. The monoisotopic (exact) mass is 382 g/mol. The number of halogens is 1. The van der Waals surface area contributed by atoms with Gasteiger partial charge in [-0.3, -0.25) is 9.36 Å². The van der Waals surface area contributed by atoms with E-state index in [-0.39, 0.29) is 11.7 Å². The minimum atomic E-state index is -0.292. The third-order valence-electron chi connectivity index (χ3n) is 4.69. The molecule has 138 valence electrons. The van der Waals surface area contributed by atoms with Gasteiger partial charge in [-0.05, 0) is 48.7 Å². The van der Waals surface area contributed by atoms with Crippen molar-refractivity contribution < 1.29 is 9.18 Å². The van der Waals surface area contributed by atoms with Crippen molar-refractivity contribution in [1.82, 2.24) is 19.7 Å². The van der Waals surface area contributed by atoms with Gasteiger partial charge >= 0.3 is 0 Å². The molecule has 1 aliphatic rings. The highest BCUT2D eigenvalue weighted by Gasteiger charge is 2.21. The molecule has 0 saturated heterocycles. The zero-order chi connectivity index (χ0) is 18.8. The molecule has 0 fully saturated rings. The van der Waals surface area contributed by atoms with Crippen molar-refractivity contribution in [2.75, 3.05) is 12.3 Å². The van der Waals surface area contributed by atoms with Crippen molar-refractivity contribution in [3.8, 4) is 5.69 Å². The van der Waals surface area contributed by atoms with E-state index >= 15 is 0 Å². The van der Waals surface area contributed by atoms with Gasteiger partial charge in [-0.15, -0.1) is 10.2 Å². The maximum atomic E-state index is 13.2. The standard InChI is InChI=1S/C20H19FN4OS/c1-14-22-23-20(25(14)18-8-6-17(21)7-9-18)27-13-19(26)24-11-10-15-4-2-3-5-16(15)12-24/h2-9H,10-13H2,1H3. The van der Waals surface area contributed by atoms with Crippen molar-refractivity contribution in [2.45, 2.75) is 25.0 Å². The van der Waals surface area contributed by atoms with E-state index in [1.165, 1.54) is 35.0 Å². The molecule has 2 aromatic carbocycles. The van der Waals surface area contributed by atoms with Gasteiger partial charge in [0.15, 0.2) is 5.16 Å². The summed E-state index contributed by atoms with van der Waals surface area (Å²) in [6.07, 6.45) is 0.886. The number of rotatable bonds is 4. The first-order chi connectivity index (χ1) is 13.1. The Hall–Kier alpha value is -2.67. The van der Waals surface area contributed by atoms with Gasteiger partial charge in [0.1, 0.15) is 11.6 Å². The lowest BCUT2D eigenvalue weighted by atomic mass is 10.00. The number of benzene rings is 2. The Bertz CT molecular complexity index is 970. The molecule has 0 N–H and O–H groups in total. The predicted molar refractivity (Wildman–Crippen MR) is 102 cm³/mol. The molecule has 27 heavy (non-hydrogen) atoms. The molecule has 0 atom stereocenters. The molecule has 1 amide bonds. The molecule has 0 saturated carbocycles. The zero-order valence-corrected chi connectivity index (χ0v) is 15.7. The molecule has 1 aliphatic heterocycles. The van der Waals surface area contributed by atoms with Gasteiger partial charge in [0, 0.05) is 18.8 Å². The van der Waals surface area contributed by atoms with Crippen LogP contribution in [0.2, 0.25) is 0 Å². The van der Waals surface area contributed by atoms with Crippen LogP contribution in [0.3, 0.4) is 0 Å². The highest BCUT2D eigenvalue weighted by atomic mass is 32.2. The predicted octanol–water partition coefficient (Wildman–Crippen LogP) is 3.39. The second-order valence-electron chi connectivity index (χ2n) is 6.46. The number of nitrogens with zero attached hydrogens (tertiary/aromatic N) is 4. The van der Waals surface area contributed by atoms with Crippen LogP contribution in [-0.2, 0) is 17.8 Å². The number of carbonyl (C=O) groups excluding carboxylic acids is 1. The number of amides is 1. The van der Waals surface area contributed by atoms with Gasteiger partial charge in [0.2, 0.25) is 5.91 Å². The van der Waals surface area contributed by atoms with Crippen molar-refractivity contribution in [3.05, 3.63) is 71.3 Å². The normalized spacial score (nSPS) is 13.5. The Kier molecular flexibility index (Phi) is 4.94. The molecule has 0 aliphatic carbocycles. The molecule has 7 heteroatoms. The summed E-state index contributed by atoms with van der Waals surface area (Å²) in [6, 6.07) is 14.4. The van der Waals surface area contributed by atoms with Gasteiger partial charge in [-0.2, -0.15) is 0 Å². The number of hydrogen-bond donors (Lipinski definition) is 0. The molecule has 1 aromatic heterocycles. The summed E-state index contributed by atoms with van der Waals surface area (Å²) in [6.45, 7) is 3.23. The molecule has 0 radical (unpaired) electrons. The first-order valence-electron chi connectivity index (χ1n) is 8.77. The van der Waals surface area contributed by atoms with Gasteiger partial charge in [0.25, 0.3) is 0 Å². The molecule has 0 unspecified atom stereocenters. The summed E-state index contributed by atoms with van der Waals surface area (Å²) in [5, 5.41) is 8.92. The summed E-state index contributed by atoms with van der Waals surface area (Å²) >= 11 is 1.35. The fourth-order valence-electron chi connectivity index (χ4n) is 3.25. The molecular formula is C20H19FN4OS. The summed E-state index contributed by atoms with van der Waals surface area (Å²) < 4.78 is 15.0. The van der Waals surface area contributed by atoms with Crippen LogP contribution in [0.1, 0.15) is 17.0 Å². The van der Waals surface area contributed by atoms with E-state index < -0.39 is 0 Å². The number of thioether (sulfide) groups is 1. The van der Waals surface area contributed by atoms with Gasteiger partial charge < -0.3 is 4.90 Å². The molecule has 3 aromatic rings. The number of carbonyl (C=O) groups is 1. The number of aryl methyl sites for hydroxylation is 1. The quantitative estimate of drug-likeness (QED) is 0.649. The SMILES string of the molecule is Cc1nnc(SCC(=O)N2CCc3ccccc3C2)n1-c1ccc(F)cc1. The number of fused-ring (bicyclic) bond motifs is 1. The van der Waals surface area contributed by atoms with Crippen LogP contribution >= 0.6 is 11.8 Å². The first kappa shape index (κ1) is 17.7. The van der Waals surface area contributed by atoms with Crippen molar-refractivity contribution in [2.24, 2.45) is 0 Å². The third-order valence-corrected chi connectivity index (χ3v) is 5.60. The Morgan fingerprint density at radius 2 is 1.85 bits per heavy atom.